The van der Waals surface area contributed by atoms with Crippen LogP contribution >= 0.6 is 12.4 Å². The molecule has 2 aromatic rings. The molecule has 3 rings (SSSR count). The molecule has 1 atom stereocenters. The highest BCUT2D eigenvalue weighted by molar-refractivity contribution is 5.85. The van der Waals surface area contributed by atoms with Gasteiger partial charge in [-0.25, -0.2) is 4.98 Å². The van der Waals surface area contributed by atoms with Crippen LogP contribution in [-0.2, 0) is 6.54 Å². The molecule has 0 bridgehead atoms. The van der Waals surface area contributed by atoms with Crippen molar-refractivity contribution in [3.63, 3.8) is 0 Å². The lowest BCUT2D eigenvalue weighted by atomic mass is 10.0. The molecule has 1 aliphatic heterocycles. The first kappa shape index (κ1) is 14.0. The third-order valence-electron chi connectivity index (χ3n) is 3.29. The van der Waals surface area contributed by atoms with Crippen LogP contribution in [0.4, 0.5) is 0 Å². The quantitative estimate of drug-likeness (QED) is 0.926. The maximum Gasteiger partial charge on any atom is 0.180 e. The number of piperazine rings is 1. The number of halogens is 1. The van der Waals surface area contributed by atoms with Gasteiger partial charge in [0.1, 0.15) is 6.26 Å². The van der Waals surface area contributed by atoms with Gasteiger partial charge in [-0.2, -0.15) is 0 Å². The van der Waals surface area contributed by atoms with Gasteiger partial charge in [-0.1, -0.05) is 0 Å². The van der Waals surface area contributed by atoms with Crippen molar-refractivity contribution in [2.75, 3.05) is 19.6 Å². The zero-order valence-electron chi connectivity index (χ0n) is 10.5. The molecule has 5 nitrogen and oxygen atoms in total. The van der Waals surface area contributed by atoms with Gasteiger partial charge in [0, 0.05) is 44.6 Å². The maximum atomic E-state index is 5.03. The van der Waals surface area contributed by atoms with Gasteiger partial charge in [-0.15, -0.1) is 12.4 Å². The molecule has 19 heavy (non-hydrogen) atoms. The summed E-state index contributed by atoms with van der Waals surface area (Å²) in [5.41, 5.74) is 2.27. The van der Waals surface area contributed by atoms with Crippen molar-refractivity contribution in [1.82, 2.24) is 20.2 Å². The van der Waals surface area contributed by atoms with Gasteiger partial charge in [0.15, 0.2) is 6.39 Å². The van der Waals surface area contributed by atoms with E-state index in [-0.39, 0.29) is 12.4 Å². The highest BCUT2D eigenvalue weighted by atomic mass is 35.5. The Bertz CT molecular complexity index is 477. The molecule has 0 aromatic carbocycles. The Morgan fingerprint density at radius 3 is 2.95 bits per heavy atom. The fourth-order valence-corrected chi connectivity index (χ4v) is 2.37. The van der Waals surface area contributed by atoms with Crippen LogP contribution in [0.25, 0.3) is 0 Å². The standard InChI is InChI=1S/C13H16N4O.ClH/c1-3-14-4-2-11(1)13-7-15-5-6-17(13)8-12-9-18-10-16-12;/h1-4,9-10,13,15H,5-8H2;1H. The van der Waals surface area contributed by atoms with Gasteiger partial charge in [0.2, 0.25) is 0 Å². The van der Waals surface area contributed by atoms with E-state index in [1.54, 1.807) is 6.26 Å². The van der Waals surface area contributed by atoms with Crippen molar-refractivity contribution in [3.05, 3.63) is 48.4 Å². The summed E-state index contributed by atoms with van der Waals surface area (Å²) in [6.07, 6.45) is 6.89. The minimum atomic E-state index is 0. The van der Waals surface area contributed by atoms with Crippen LogP contribution in [0.3, 0.4) is 0 Å². The molecule has 1 saturated heterocycles. The molecule has 102 valence electrons. The SMILES string of the molecule is Cl.c1cc(C2CNCCN2Cc2cocn2)ccn1. The predicted octanol–water partition coefficient (Wildman–Crippen LogP) is 1.64. The van der Waals surface area contributed by atoms with Crippen LogP contribution in [0, 0.1) is 0 Å². The smallest absolute Gasteiger partial charge is 0.180 e. The van der Waals surface area contributed by atoms with E-state index in [2.05, 4.69) is 32.3 Å². The van der Waals surface area contributed by atoms with Gasteiger partial charge >= 0.3 is 0 Å². The number of nitrogens with one attached hydrogen (secondary N) is 1. The van der Waals surface area contributed by atoms with Crippen molar-refractivity contribution >= 4 is 12.4 Å². The second-order valence-corrected chi connectivity index (χ2v) is 4.45. The lowest BCUT2D eigenvalue weighted by Gasteiger charge is -2.35. The second-order valence-electron chi connectivity index (χ2n) is 4.45. The zero-order valence-corrected chi connectivity index (χ0v) is 11.3. The second kappa shape index (κ2) is 6.65. The zero-order chi connectivity index (χ0) is 12.2. The number of hydrogen-bond donors (Lipinski definition) is 1. The van der Waals surface area contributed by atoms with Gasteiger partial charge in [0.25, 0.3) is 0 Å². The number of oxazole rings is 1. The Labute approximate surface area is 118 Å². The van der Waals surface area contributed by atoms with Gasteiger partial charge in [0.05, 0.1) is 5.69 Å². The molecular weight excluding hydrogens is 264 g/mol. The molecule has 6 heteroatoms. The number of hydrogen-bond acceptors (Lipinski definition) is 5. The molecular formula is C13H17ClN4O. The first-order valence-electron chi connectivity index (χ1n) is 6.15. The molecule has 1 aliphatic rings. The number of aromatic nitrogens is 2. The van der Waals surface area contributed by atoms with Crippen LogP contribution in [-0.4, -0.2) is 34.5 Å². The predicted molar refractivity (Wildman–Crippen MR) is 74.0 cm³/mol. The molecule has 0 amide bonds. The summed E-state index contributed by atoms with van der Waals surface area (Å²) < 4.78 is 5.03. The van der Waals surface area contributed by atoms with E-state index in [0.29, 0.717) is 6.04 Å². The van der Waals surface area contributed by atoms with E-state index < -0.39 is 0 Å². The lowest BCUT2D eigenvalue weighted by Crippen LogP contribution is -2.45. The Kier molecular flexibility index (Phi) is 4.90. The number of rotatable bonds is 3. The van der Waals surface area contributed by atoms with Gasteiger partial charge in [-0.05, 0) is 17.7 Å². The third kappa shape index (κ3) is 3.32. The summed E-state index contributed by atoms with van der Waals surface area (Å²) in [5.74, 6) is 0. The van der Waals surface area contributed by atoms with E-state index in [0.717, 1.165) is 31.9 Å². The Balaban J connectivity index is 0.00000133. The van der Waals surface area contributed by atoms with Gasteiger partial charge in [-0.3, -0.25) is 9.88 Å². The van der Waals surface area contributed by atoms with E-state index >= 15 is 0 Å². The molecule has 0 radical (unpaired) electrons. The van der Waals surface area contributed by atoms with Crippen LogP contribution in [0.1, 0.15) is 17.3 Å². The van der Waals surface area contributed by atoms with Gasteiger partial charge < -0.3 is 9.73 Å². The van der Waals surface area contributed by atoms with E-state index in [4.69, 9.17) is 4.42 Å². The maximum absolute atomic E-state index is 5.03. The molecule has 1 fully saturated rings. The molecule has 2 aromatic heterocycles. The van der Waals surface area contributed by atoms with Crippen molar-refractivity contribution in [2.24, 2.45) is 0 Å². The molecule has 1 unspecified atom stereocenters. The van der Waals surface area contributed by atoms with Crippen LogP contribution in [0.15, 0.2) is 41.6 Å². The average Bonchev–Trinajstić information content (AvgIpc) is 2.93. The first-order valence-corrected chi connectivity index (χ1v) is 6.15. The van der Waals surface area contributed by atoms with Crippen molar-refractivity contribution < 1.29 is 4.42 Å². The van der Waals surface area contributed by atoms with Crippen molar-refractivity contribution in [1.29, 1.82) is 0 Å². The van der Waals surface area contributed by atoms with Crippen LogP contribution in [0.5, 0.6) is 0 Å². The van der Waals surface area contributed by atoms with E-state index in [1.807, 2.05) is 12.4 Å². The largest absolute Gasteiger partial charge is 0.451 e. The molecule has 0 spiro atoms. The molecule has 3 heterocycles. The van der Waals surface area contributed by atoms with Crippen molar-refractivity contribution in [3.8, 4) is 0 Å². The number of pyridine rings is 1. The summed E-state index contributed by atoms with van der Waals surface area (Å²) in [4.78, 5) is 10.7. The normalized spacial score (nSPS) is 19.9. The molecule has 0 saturated carbocycles. The molecule has 1 N–H and O–H groups in total. The summed E-state index contributed by atoms with van der Waals surface area (Å²) in [5, 5.41) is 3.44. The fourth-order valence-electron chi connectivity index (χ4n) is 2.37. The number of nitrogens with zero attached hydrogens (tertiary/aromatic N) is 3. The van der Waals surface area contributed by atoms with Crippen LogP contribution < -0.4 is 5.32 Å². The highest BCUT2D eigenvalue weighted by Gasteiger charge is 2.24. The average molecular weight is 281 g/mol. The summed E-state index contributed by atoms with van der Waals surface area (Å²) in [7, 11) is 0. The fraction of sp³-hybridized carbons (Fsp3) is 0.385. The minimum Gasteiger partial charge on any atom is -0.451 e. The Hall–Kier alpha value is -1.43. The van der Waals surface area contributed by atoms with E-state index in [1.165, 1.54) is 12.0 Å². The Morgan fingerprint density at radius 2 is 2.21 bits per heavy atom. The summed E-state index contributed by atoms with van der Waals surface area (Å²) in [6.45, 7) is 3.81. The van der Waals surface area contributed by atoms with E-state index in [9.17, 15) is 0 Å². The van der Waals surface area contributed by atoms with Crippen molar-refractivity contribution in [2.45, 2.75) is 12.6 Å². The highest BCUT2D eigenvalue weighted by Crippen LogP contribution is 2.23. The topological polar surface area (TPSA) is 54.2 Å². The van der Waals surface area contributed by atoms with Crippen LogP contribution in [0.2, 0.25) is 0 Å². The summed E-state index contributed by atoms with van der Waals surface area (Å²) >= 11 is 0. The lowest BCUT2D eigenvalue weighted by molar-refractivity contribution is 0.152. The monoisotopic (exact) mass is 280 g/mol. The third-order valence-corrected chi connectivity index (χ3v) is 3.29. The summed E-state index contributed by atoms with van der Waals surface area (Å²) in [6, 6.07) is 4.53. The Morgan fingerprint density at radius 1 is 1.37 bits per heavy atom. The minimum absolute atomic E-state index is 0. The first-order chi connectivity index (χ1) is 8.93. The molecule has 0 aliphatic carbocycles.